The molecule has 1 aromatic heterocycles. The summed E-state index contributed by atoms with van der Waals surface area (Å²) < 4.78 is 22.4. The normalized spacial score (nSPS) is 11.1. The number of anilines is 1. The van der Waals surface area contributed by atoms with Crippen LogP contribution >= 0.6 is 11.3 Å². The van der Waals surface area contributed by atoms with Gasteiger partial charge in [-0.05, 0) is 18.2 Å². The molecule has 0 unspecified atom stereocenters. The molecule has 7 nitrogen and oxygen atoms in total. The van der Waals surface area contributed by atoms with E-state index in [4.69, 9.17) is 5.14 Å². The van der Waals surface area contributed by atoms with E-state index in [9.17, 15) is 13.2 Å². The molecule has 2 aromatic rings. The van der Waals surface area contributed by atoms with Crippen molar-refractivity contribution in [2.45, 2.75) is 11.3 Å². The molecule has 0 aliphatic carbocycles. The first-order valence-electron chi connectivity index (χ1n) is 6.00. The SMILES string of the molecule is NS(=O)(=O)c1cccc(NC(=O)NCCc2cscn2)c1. The minimum Gasteiger partial charge on any atom is -0.337 e. The summed E-state index contributed by atoms with van der Waals surface area (Å²) in [6.07, 6.45) is 0.633. The summed E-state index contributed by atoms with van der Waals surface area (Å²) in [5.74, 6) is 0. The highest BCUT2D eigenvalue weighted by Gasteiger charge is 2.09. The number of sulfonamides is 1. The van der Waals surface area contributed by atoms with E-state index in [1.54, 1.807) is 11.6 Å². The highest BCUT2D eigenvalue weighted by molar-refractivity contribution is 7.89. The van der Waals surface area contributed by atoms with Crippen LogP contribution in [0.25, 0.3) is 0 Å². The molecule has 0 bridgehead atoms. The zero-order valence-electron chi connectivity index (χ0n) is 10.9. The van der Waals surface area contributed by atoms with E-state index in [2.05, 4.69) is 15.6 Å². The number of nitrogens with two attached hydrogens (primary N) is 1. The first kappa shape index (κ1) is 15.4. The van der Waals surface area contributed by atoms with E-state index < -0.39 is 16.1 Å². The summed E-state index contributed by atoms with van der Waals surface area (Å²) in [7, 11) is -3.79. The number of primary sulfonamides is 1. The zero-order chi connectivity index (χ0) is 15.3. The van der Waals surface area contributed by atoms with Gasteiger partial charge in [-0.2, -0.15) is 0 Å². The van der Waals surface area contributed by atoms with Crippen molar-refractivity contribution >= 4 is 33.1 Å². The van der Waals surface area contributed by atoms with Gasteiger partial charge in [0.25, 0.3) is 0 Å². The molecule has 2 amide bonds. The van der Waals surface area contributed by atoms with Crippen LogP contribution in [0.5, 0.6) is 0 Å². The molecular formula is C12H14N4O3S2. The molecule has 0 fully saturated rings. The molecule has 0 aliphatic heterocycles. The van der Waals surface area contributed by atoms with E-state index in [-0.39, 0.29) is 4.90 Å². The molecular weight excluding hydrogens is 312 g/mol. The van der Waals surface area contributed by atoms with Crippen molar-refractivity contribution in [2.24, 2.45) is 5.14 Å². The Labute approximate surface area is 126 Å². The number of nitrogens with one attached hydrogen (secondary N) is 2. The van der Waals surface area contributed by atoms with E-state index in [0.29, 0.717) is 18.7 Å². The van der Waals surface area contributed by atoms with Gasteiger partial charge in [0.05, 0.1) is 16.1 Å². The standard InChI is InChI=1S/C12H14N4O3S2/c13-21(18,19)11-3-1-2-9(6-11)16-12(17)14-5-4-10-7-20-8-15-10/h1-3,6-8H,4-5H2,(H2,13,18,19)(H2,14,16,17). The molecule has 0 atom stereocenters. The molecule has 21 heavy (non-hydrogen) atoms. The predicted molar refractivity (Wildman–Crippen MR) is 80.7 cm³/mol. The molecule has 112 valence electrons. The number of nitrogens with zero attached hydrogens (tertiary/aromatic N) is 1. The number of hydrogen-bond acceptors (Lipinski definition) is 5. The van der Waals surface area contributed by atoms with Crippen molar-refractivity contribution < 1.29 is 13.2 Å². The first-order valence-corrected chi connectivity index (χ1v) is 8.49. The summed E-state index contributed by atoms with van der Waals surface area (Å²) in [4.78, 5) is 15.7. The second kappa shape index (κ2) is 6.66. The van der Waals surface area contributed by atoms with Crippen LogP contribution in [0.4, 0.5) is 10.5 Å². The fourth-order valence-electron chi connectivity index (χ4n) is 1.59. The number of hydrogen-bond donors (Lipinski definition) is 3. The Morgan fingerprint density at radius 3 is 2.86 bits per heavy atom. The lowest BCUT2D eigenvalue weighted by Crippen LogP contribution is -2.30. The van der Waals surface area contributed by atoms with Gasteiger partial charge in [0.15, 0.2) is 0 Å². The largest absolute Gasteiger partial charge is 0.337 e. The summed E-state index contributed by atoms with van der Waals surface area (Å²) in [5.41, 5.74) is 3.00. The Bertz CT molecular complexity index is 714. The van der Waals surface area contributed by atoms with Gasteiger partial charge in [0.2, 0.25) is 10.0 Å². The van der Waals surface area contributed by atoms with Gasteiger partial charge in [0, 0.05) is 24.0 Å². The Morgan fingerprint density at radius 2 is 2.19 bits per heavy atom. The smallest absolute Gasteiger partial charge is 0.319 e. The van der Waals surface area contributed by atoms with E-state index >= 15 is 0 Å². The van der Waals surface area contributed by atoms with E-state index in [1.807, 2.05) is 5.38 Å². The van der Waals surface area contributed by atoms with Crippen LogP contribution in [0.15, 0.2) is 40.1 Å². The quantitative estimate of drug-likeness (QED) is 0.764. The minimum absolute atomic E-state index is 0.0530. The Morgan fingerprint density at radius 1 is 1.38 bits per heavy atom. The van der Waals surface area contributed by atoms with Crippen molar-refractivity contribution in [3.05, 3.63) is 40.8 Å². The molecule has 1 aromatic carbocycles. The number of thiazole rings is 1. The van der Waals surface area contributed by atoms with Crippen LogP contribution in [0.2, 0.25) is 0 Å². The zero-order valence-corrected chi connectivity index (χ0v) is 12.6. The second-order valence-corrected chi connectivity index (χ2v) is 6.46. The van der Waals surface area contributed by atoms with Crippen LogP contribution < -0.4 is 15.8 Å². The van der Waals surface area contributed by atoms with Gasteiger partial charge in [0.1, 0.15) is 0 Å². The fraction of sp³-hybridized carbons (Fsp3) is 0.167. The van der Waals surface area contributed by atoms with Gasteiger partial charge in [-0.15, -0.1) is 11.3 Å². The van der Waals surface area contributed by atoms with Crippen molar-refractivity contribution in [1.29, 1.82) is 0 Å². The third-order valence-corrected chi connectivity index (χ3v) is 4.12. The van der Waals surface area contributed by atoms with Crippen molar-refractivity contribution in [3.8, 4) is 0 Å². The number of rotatable bonds is 5. The number of benzene rings is 1. The van der Waals surface area contributed by atoms with Crippen molar-refractivity contribution in [1.82, 2.24) is 10.3 Å². The van der Waals surface area contributed by atoms with Gasteiger partial charge < -0.3 is 10.6 Å². The van der Waals surface area contributed by atoms with E-state index in [1.165, 1.54) is 29.5 Å². The molecule has 0 aliphatic rings. The number of carbonyl (C=O) groups excluding carboxylic acids is 1. The Kier molecular flexibility index (Phi) is 4.89. The minimum atomic E-state index is -3.79. The van der Waals surface area contributed by atoms with E-state index in [0.717, 1.165) is 5.69 Å². The number of aromatic nitrogens is 1. The average Bonchev–Trinajstić information content (AvgIpc) is 2.91. The molecule has 0 radical (unpaired) electrons. The maximum atomic E-state index is 11.7. The van der Waals surface area contributed by atoms with Gasteiger partial charge >= 0.3 is 6.03 Å². The summed E-state index contributed by atoms with van der Waals surface area (Å²) in [6.45, 7) is 0.435. The fourth-order valence-corrected chi connectivity index (χ4v) is 2.74. The summed E-state index contributed by atoms with van der Waals surface area (Å²) >= 11 is 1.50. The first-order chi connectivity index (χ1) is 9.95. The molecule has 0 saturated heterocycles. The predicted octanol–water partition coefficient (Wildman–Crippen LogP) is 1.15. The number of urea groups is 1. The van der Waals surface area contributed by atoms with Crippen LogP contribution in [0.3, 0.4) is 0 Å². The van der Waals surface area contributed by atoms with Gasteiger partial charge in [-0.1, -0.05) is 6.07 Å². The van der Waals surface area contributed by atoms with Crippen LogP contribution in [-0.2, 0) is 16.4 Å². The molecule has 0 spiro atoms. The average molecular weight is 326 g/mol. The van der Waals surface area contributed by atoms with Crippen LogP contribution in [-0.4, -0.2) is 26.0 Å². The lowest BCUT2D eigenvalue weighted by Gasteiger charge is -2.08. The van der Waals surface area contributed by atoms with Crippen LogP contribution in [0, 0.1) is 0 Å². The molecule has 0 saturated carbocycles. The van der Waals surface area contributed by atoms with Gasteiger partial charge in [-0.25, -0.2) is 23.3 Å². The van der Waals surface area contributed by atoms with Crippen LogP contribution in [0.1, 0.15) is 5.69 Å². The summed E-state index contributed by atoms with van der Waals surface area (Å²) in [6, 6.07) is 5.33. The van der Waals surface area contributed by atoms with Gasteiger partial charge in [-0.3, -0.25) is 0 Å². The highest BCUT2D eigenvalue weighted by atomic mass is 32.2. The summed E-state index contributed by atoms with van der Waals surface area (Å²) in [5, 5.41) is 12.1. The van der Waals surface area contributed by atoms with Crippen molar-refractivity contribution in [3.63, 3.8) is 0 Å². The lowest BCUT2D eigenvalue weighted by molar-refractivity contribution is 0.252. The number of carbonyl (C=O) groups is 1. The second-order valence-electron chi connectivity index (χ2n) is 4.18. The van der Waals surface area contributed by atoms with Crippen molar-refractivity contribution in [2.75, 3.05) is 11.9 Å². The maximum absolute atomic E-state index is 11.7. The topological polar surface area (TPSA) is 114 Å². The Balaban J connectivity index is 1.88. The lowest BCUT2D eigenvalue weighted by atomic mass is 10.3. The third kappa shape index (κ3) is 4.81. The molecule has 2 rings (SSSR count). The highest BCUT2D eigenvalue weighted by Crippen LogP contribution is 2.13. The third-order valence-electron chi connectivity index (χ3n) is 2.57. The number of amides is 2. The molecule has 1 heterocycles. The molecule has 9 heteroatoms. The monoisotopic (exact) mass is 326 g/mol. The Hall–Kier alpha value is -1.97. The maximum Gasteiger partial charge on any atom is 0.319 e. The molecule has 4 N–H and O–H groups in total.